The SMILES string of the molecule is C[C@@H](NC(=O)CCc1nc2sc3c(c2c(=O)[nH]1)CCC3)c1ccc(Cl)cc1. The summed E-state index contributed by atoms with van der Waals surface area (Å²) in [4.78, 5) is 34.3. The van der Waals surface area contributed by atoms with Gasteiger partial charge in [-0.15, -0.1) is 11.3 Å². The summed E-state index contributed by atoms with van der Waals surface area (Å²) in [5.74, 6) is 0.496. The Bertz CT molecular complexity index is 1060. The summed E-state index contributed by atoms with van der Waals surface area (Å²) in [6, 6.07) is 7.31. The number of nitrogens with zero attached hydrogens (tertiary/aromatic N) is 1. The maximum Gasteiger partial charge on any atom is 0.259 e. The Labute approximate surface area is 165 Å². The fourth-order valence-corrected chi connectivity index (χ4v) is 4.95. The molecule has 1 aliphatic carbocycles. The first-order chi connectivity index (χ1) is 13.0. The first-order valence-electron chi connectivity index (χ1n) is 9.09. The summed E-state index contributed by atoms with van der Waals surface area (Å²) in [6.45, 7) is 1.93. The molecule has 0 saturated heterocycles. The largest absolute Gasteiger partial charge is 0.350 e. The van der Waals surface area contributed by atoms with E-state index in [4.69, 9.17) is 11.6 Å². The van der Waals surface area contributed by atoms with E-state index in [-0.39, 0.29) is 23.9 Å². The van der Waals surface area contributed by atoms with Gasteiger partial charge >= 0.3 is 0 Å². The number of carbonyl (C=O) groups excluding carboxylic acids is 1. The number of H-pyrrole nitrogens is 1. The monoisotopic (exact) mass is 401 g/mol. The molecule has 0 spiro atoms. The van der Waals surface area contributed by atoms with E-state index in [0.717, 1.165) is 35.0 Å². The van der Waals surface area contributed by atoms with Gasteiger partial charge < -0.3 is 10.3 Å². The number of aryl methyl sites for hydroxylation is 3. The molecule has 3 aromatic rings. The highest BCUT2D eigenvalue weighted by molar-refractivity contribution is 7.18. The molecule has 1 aliphatic rings. The van der Waals surface area contributed by atoms with Gasteiger partial charge in [-0.25, -0.2) is 4.98 Å². The van der Waals surface area contributed by atoms with E-state index in [1.165, 1.54) is 10.4 Å². The number of nitrogens with one attached hydrogen (secondary N) is 2. The van der Waals surface area contributed by atoms with E-state index in [9.17, 15) is 9.59 Å². The summed E-state index contributed by atoms with van der Waals surface area (Å²) in [6.07, 6.45) is 3.80. The molecule has 1 atom stereocenters. The number of rotatable bonds is 5. The number of amides is 1. The first kappa shape index (κ1) is 18.2. The van der Waals surface area contributed by atoms with Crippen LogP contribution in [0.25, 0.3) is 10.2 Å². The summed E-state index contributed by atoms with van der Waals surface area (Å²) in [5, 5.41) is 4.39. The zero-order chi connectivity index (χ0) is 19.0. The van der Waals surface area contributed by atoms with Gasteiger partial charge in [0.05, 0.1) is 11.4 Å². The average molecular weight is 402 g/mol. The average Bonchev–Trinajstić information content (AvgIpc) is 3.21. The van der Waals surface area contributed by atoms with Crippen molar-refractivity contribution in [3.05, 3.63) is 61.5 Å². The number of carbonyl (C=O) groups is 1. The van der Waals surface area contributed by atoms with E-state index >= 15 is 0 Å². The predicted molar refractivity (Wildman–Crippen MR) is 109 cm³/mol. The molecule has 7 heteroatoms. The third-order valence-electron chi connectivity index (χ3n) is 4.96. The van der Waals surface area contributed by atoms with E-state index in [2.05, 4.69) is 15.3 Å². The normalized spacial score (nSPS) is 14.3. The number of halogens is 1. The predicted octanol–water partition coefficient (Wildman–Crippen LogP) is 3.94. The molecule has 0 saturated carbocycles. The molecule has 1 amide bonds. The molecule has 5 nitrogen and oxygen atoms in total. The Balaban J connectivity index is 1.41. The molecule has 4 rings (SSSR count). The third-order valence-corrected chi connectivity index (χ3v) is 6.40. The molecule has 0 radical (unpaired) electrons. The van der Waals surface area contributed by atoms with Crippen LogP contribution in [-0.4, -0.2) is 15.9 Å². The van der Waals surface area contributed by atoms with Gasteiger partial charge in [-0.05, 0) is 49.4 Å². The number of thiophene rings is 1. The van der Waals surface area contributed by atoms with Gasteiger partial charge in [0.15, 0.2) is 0 Å². The molecular formula is C20H20ClN3O2S. The zero-order valence-electron chi connectivity index (χ0n) is 15.0. The second kappa shape index (κ2) is 7.44. The lowest BCUT2D eigenvalue weighted by molar-refractivity contribution is -0.121. The summed E-state index contributed by atoms with van der Waals surface area (Å²) in [7, 11) is 0. The zero-order valence-corrected chi connectivity index (χ0v) is 16.5. The molecule has 0 fully saturated rings. The highest BCUT2D eigenvalue weighted by atomic mass is 35.5. The molecule has 27 heavy (non-hydrogen) atoms. The Kier molecular flexibility index (Phi) is 5.02. The minimum Gasteiger partial charge on any atom is -0.350 e. The van der Waals surface area contributed by atoms with Crippen LogP contribution in [0, 0.1) is 0 Å². The van der Waals surface area contributed by atoms with Crippen molar-refractivity contribution in [3.63, 3.8) is 0 Å². The Morgan fingerprint density at radius 2 is 2.11 bits per heavy atom. The summed E-state index contributed by atoms with van der Waals surface area (Å²) < 4.78 is 0. The molecular weight excluding hydrogens is 382 g/mol. The standard InChI is InChI=1S/C20H20ClN3O2S/c1-11(12-5-7-13(21)8-6-12)22-17(25)10-9-16-23-19(26)18-14-3-2-4-15(14)27-20(18)24-16/h5-8,11H,2-4,9-10H2,1H3,(H,22,25)(H,23,24,26)/t11-/m1/s1. The quantitative estimate of drug-likeness (QED) is 0.680. The minimum atomic E-state index is -0.107. The van der Waals surface area contributed by atoms with E-state index in [0.29, 0.717) is 17.3 Å². The Morgan fingerprint density at radius 3 is 2.89 bits per heavy atom. The molecule has 2 N–H and O–H groups in total. The molecule has 2 heterocycles. The van der Waals surface area contributed by atoms with Crippen molar-refractivity contribution in [3.8, 4) is 0 Å². The van der Waals surface area contributed by atoms with Gasteiger partial charge in [-0.2, -0.15) is 0 Å². The highest BCUT2D eigenvalue weighted by Gasteiger charge is 2.21. The summed E-state index contributed by atoms with van der Waals surface area (Å²) >= 11 is 7.51. The van der Waals surface area contributed by atoms with Crippen LogP contribution in [0.2, 0.25) is 5.02 Å². The minimum absolute atomic E-state index is 0.0751. The van der Waals surface area contributed by atoms with Crippen LogP contribution in [-0.2, 0) is 24.1 Å². The van der Waals surface area contributed by atoms with E-state index in [1.807, 2.05) is 31.2 Å². The van der Waals surface area contributed by atoms with Gasteiger partial charge in [0.25, 0.3) is 5.56 Å². The van der Waals surface area contributed by atoms with Gasteiger partial charge in [-0.3, -0.25) is 9.59 Å². The number of fused-ring (bicyclic) bond motifs is 3. The van der Waals surface area contributed by atoms with Crippen molar-refractivity contribution in [2.24, 2.45) is 0 Å². The first-order valence-corrected chi connectivity index (χ1v) is 10.3. The van der Waals surface area contributed by atoms with Crippen molar-refractivity contribution in [2.75, 3.05) is 0 Å². The van der Waals surface area contributed by atoms with Crippen LogP contribution in [0.1, 0.15) is 47.6 Å². The second-order valence-electron chi connectivity index (χ2n) is 6.89. The maximum atomic E-state index is 12.5. The van der Waals surface area contributed by atoms with Crippen LogP contribution in [0.15, 0.2) is 29.1 Å². The van der Waals surface area contributed by atoms with Crippen molar-refractivity contribution >= 4 is 39.1 Å². The lowest BCUT2D eigenvalue weighted by Gasteiger charge is -2.14. The topological polar surface area (TPSA) is 74.8 Å². The number of hydrogen-bond acceptors (Lipinski definition) is 4. The molecule has 0 aliphatic heterocycles. The smallest absolute Gasteiger partial charge is 0.259 e. The molecule has 1 aromatic carbocycles. The molecule has 0 bridgehead atoms. The third kappa shape index (κ3) is 3.77. The lowest BCUT2D eigenvalue weighted by Crippen LogP contribution is -2.27. The van der Waals surface area contributed by atoms with Crippen LogP contribution in [0.5, 0.6) is 0 Å². The number of benzene rings is 1. The maximum absolute atomic E-state index is 12.5. The number of aromatic amines is 1. The Hall–Kier alpha value is -2.18. The van der Waals surface area contributed by atoms with Crippen LogP contribution in [0.3, 0.4) is 0 Å². The van der Waals surface area contributed by atoms with Gasteiger partial charge in [0, 0.05) is 22.7 Å². The molecule has 0 unspecified atom stereocenters. The van der Waals surface area contributed by atoms with Crippen molar-refractivity contribution in [1.82, 2.24) is 15.3 Å². The number of hydrogen-bond donors (Lipinski definition) is 2. The Morgan fingerprint density at radius 1 is 1.33 bits per heavy atom. The van der Waals surface area contributed by atoms with E-state index < -0.39 is 0 Å². The summed E-state index contributed by atoms with van der Waals surface area (Å²) in [5.41, 5.74) is 2.09. The molecule has 2 aromatic heterocycles. The number of aromatic nitrogens is 2. The van der Waals surface area contributed by atoms with Crippen molar-refractivity contribution < 1.29 is 4.79 Å². The van der Waals surface area contributed by atoms with Crippen LogP contribution in [0.4, 0.5) is 0 Å². The lowest BCUT2D eigenvalue weighted by atomic mass is 10.1. The van der Waals surface area contributed by atoms with Gasteiger partial charge in [0.2, 0.25) is 5.91 Å². The van der Waals surface area contributed by atoms with Crippen LogP contribution >= 0.6 is 22.9 Å². The second-order valence-corrected chi connectivity index (χ2v) is 8.41. The fraction of sp³-hybridized carbons (Fsp3) is 0.350. The molecule has 140 valence electrons. The highest BCUT2D eigenvalue weighted by Crippen LogP contribution is 2.34. The van der Waals surface area contributed by atoms with Crippen molar-refractivity contribution in [1.29, 1.82) is 0 Å². The fourth-order valence-electron chi connectivity index (χ4n) is 3.55. The van der Waals surface area contributed by atoms with Gasteiger partial charge in [0.1, 0.15) is 10.7 Å². The van der Waals surface area contributed by atoms with Gasteiger partial charge in [-0.1, -0.05) is 23.7 Å². The van der Waals surface area contributed by atoms with E-state index in [1.54, 1.807) is 11.3 Å². The van der Waals surface area contributed by atoms with Crippen LogP contribution < -0.4 is 10.9 Å². The van der Waals surface area contributed by atoms with Crippen molar-refractivity contribution in [2.45, 2.75) is 45.1 Å².